The van der Waals surface area contributed by atoms with Crippen LogP contribution in [0.1, 0.15) is 85.5 Å². The molecule has 0 bridgehead atoms. The van der Waals surface area contributed by atoms with Crippen LogP contribution >= 0.6 is 0 Å². The molecule has 3 N–H and O–H groups in total. The van der Waals surface area contributed by atoms with Crippen LogP contribution in [-0.2, 0) is 0 Å². The quantitative estimate of drug-likeness (QED) is 0.531. The first-order chi connectivity index (χ1) is 14.1. The lowest BCUT2D eigenvalue weighted by molar-refractivity contribution is 0.0717. The zero-order chi connectivity index (χ0) is 22.1. The molecular formula is C27H44O3. The predicted molar refractivity (Wildman–Crippen MR) is 124 cm³/mol. The van der Waals surface area contributed by atoms with Gasteiger partial charge >= 0.3 is 0 Å². The van der Waals surface area contributed by atoms with Crippen molar-refractivity contribution >= 4 is 0 Å². The molecule has 7 atom stereocenters. The van der Waals surface area contributed by atoms with E-state index in [9.17, 15) is 15.3 Å². The normalized spacial score (nSPS) is 39.5. The standard InChI is InChI=1S/C27H44O3/c1-17(2)25(29)13-8-18(3)23-11-12-24-20(7-6-14-27(23,24)5)9-10-21-15-22(28)16-26(30)19(21)4/h9-10,17-18,22-26,28-30H,4,6-8,11-16H2,1-3,5H3/b20-9-,21-10-/t18-,22+,23+,24-,25?,26-,27+/m0/s1. The van der Waals surface area contributed by atoms with Crippen LogP contribution in [-0.4, -0.2) is 33.6 Å². The number of allylic oxidation sites excluding steroid dienone is 3. The first-order valence-corrected chi connectivity index (χ1v) is 12.3. The molecule has 30 heavy (non-hydrogen) atoms. The molecule has 0 aromatic heterocycles. The minimum absolute atomic E-state index is 0.180. The second-order valence-corrected chi connectivity index (χ2v) is 11.0. The third-order valence-electron chi connectivity index (χ3n) is 8.68. The largest absolute Gasteiger partial charge is 0.393 e. The lowest BCUT2D eigenvalue weighted by Crippen LogP contribution is -2.36. The van der Waals surface area contributed by atoms with Crippen LogP contribution in [0.2, 0.25) is 0 Å². The van der Waals surface area contributed by atoms with Gasteiger partial charge in [-0.3, -0.25) is 0 Å². The highest BCUT2D eigenvalue weighted by Gasteiger charge is 2.50. The lowest BCUT2D eigenvalue weighted by atomic mass is 9.60. The third kappa shape index (κ3) is 4.95. The molecular weight excluding hydrogens is 372 g/mol. The van der Waals surface area contributed by atoms with E-state index in [1.807, 2.05) is 0 Å². The van der Waals surface area contributed by atoms with E-state index >= 15 is 0 Å². The molecule has 0 radical (unpaired) electrons. The second-order valence-electron chi connectivity index (χ2n) is 11.0. The Hall–Kier alpha value is -0.900. The smallest absolute Gasteiger partial charge is 0.0811 e. The maximum Gasteiger partial charge on any atom is 0.0811 e. The Balaban J connectivity index is 1.72. The van der Waals surface area contributed by atoms with Gasteiger partial charge < -0.3 is 15.3 Å². The number of fused-ring (bicyclic) bond motifs is 1. The van der Waals surface area contributed by atoms with E-state index in [0.29, 0.717) is 36.0 Å². The molecule has 170 valence electrons. The molecule has 0 saturated heterocycles. The summed E-state index contributed by atoms with van der Waals surface area (Å²) >= 11 is 0. The van der Waals surface area contributed by atoms with Gasteiger partial charge in [-0.1, -0.05) is 52.0 Å². The van der Waals surface area contributed by atoms with E-state index in [-0.39, 0.29) is 6.10 Å². The van der Waals surface area contributed by atoms with E-state index in [2.05, 4.69) is 46.4 Å². The van der Waals surface area contributed by atoms with Gasteiger partial charge in [-0.25, -0.2) is 0 Å². The van der Waals surface area contributed by atoms with E-state index in [1.165, 1.54) is 25.7 Å². The van der Waals surface area contributed by atoms with Crippen LogP contribution in [0.5, 0.6) is 0 Å². The van der Waals surface area contributed by atoms with E-state index in [4.69, 9.17) is 0 Å². The van der Waals surface area contributed by atoms with Gasteiger partial charge in [0.1, 0.15) is 0 Å². The SMILES string of the molecule is C=C1/C(=C\C=C2\CCC[C@]3(C)[C@@H]([C@@H](C)CCC(O)C(C)C)CC[C@@H]23)C[C@@H](O)C[C@@H]1O. The Morgan fingerprint density at radius 3 is 2.57 bits per heavy atom. The number of hydrogen-bond acceptors (Lipinski definition) is 3. The van der Waals surface area contributed by atoms with Gasteiger partial charge in [0.25, 0.3) is 0 Å². The van der Waals surface area contributed by atoms with Gasteiger partial charge in [0, 0.05) is 6.42 Å². The van der Waals surface area contributed by atoms with Gasteiger partial charge in [-0.2, -0.15) is 0 Å². The van der Waals surface area contributed by atoms with E-state index < -0.39 is 12.2 Å². The predicted octanol–water partition coefficient (Wildman–Crippen LogP) is 5.56. The molecule has 3 saturated carbocycles. The van der Waals surface area contributed by atoms with Crippen LogP contribution in [0, 0.1) is 29.1 Å². The van der Waals surface area contributed by atoms with Crippen molar-refractivity contribution in [3.8, 4) is 0 Å². The molecule has 3 aliphatic rings. The Morgan fingerprint density at radius 1 is 1.13 bits per heavy atom. The zero-order valence-electron chi connectivity index (χ0n) is 19.6. The Bertz CT molecular complexity index is 676. The molecule has 0 aromatic rings. The fourth-order valence-electron chi connectivity index (χ4n) is 6.65. The summed E-state index contributed by atoms with van der Waals surface area (Å²) in [6, 6.07) is 0. The average molecular weight is 417 g/mol. The van der Waals surface area contributed by atoms with Gasteiger partial charge in [-0.05, 0) is 91.6 Å². The molecule has 0 heterocycles. The fourth-order valence-corrected chi connectivity index (χ4v) is 6.65. The summed E-state index contributed by atoms with van der Waals surface area (Å²) in [6.07, 6.45) is 12.4. The van der Waals surface area contributed by atoms with Crippen molar-refractivity contribution in [2.45, 2.75) is 104 Å². The molecule has 0 aliphatic heterocycles. The summed E-state index contributed by atoms with van der Waals surface area (Å²) < 4.78 is 0. The van der Waals surface area contributed by atoms with Crippen molar-refractivity contribution in [3.63, 3.8) is 0 Å². The number of rotatable bonds is 6. The number of aliphatic hydroxyl groups is 3. The van der Waals surface area contributed by atoms with Gasteiger partial charge in [0.05, 0.1) is 18.3 Å². The summed E-state index contributed by atoms with van der Waals surface area (Å²) in [7, 11) is 0. The van der Waals surface area contributed by atoms with Crippen LogP contribution in [0.4, 0.5) is 0 Å². The van der Waals surface area contributed by atoms with Crippen LogP contribution in [0.15, 0.2) is 35.5 Å². The first kappa shape index (κ1) is 23.8. The van der Waals surface area contributed by atoms with Crippen molar-refractivity contribution in [2.75, 3.05) is 0 Å². The maximum atomic E-state index is 10.3. The van der Waals surface area contributed by atoms with Crippen LogP contribution in [0.25, 0.3) is 0 Å². The topological polar surface area (TPSA) is 60.7 Å². The van der Waals surface area contributed by atoms with Crippen molar-refractivity contribution in [3.05, 3.63) is 35.5 Å². The molecule has 0 spiro atoms. The molecule has 0 amide bonds. The van der Waals surface area contributed by atoms with E-state index in [0.717, 1.165) is 36.3 Å². The summed E-state index contributed by atoms with van der Waals surface area (Å²) in [4.78, 5) is 0. The molecule has 3 nitrogen and oxygen atoms in total. The zero-order valence-corrected chi connectivity index (χ0v) is 19.6. The van der Waals surface area contributed by atoms with Gasteiger partial charge in [0.2, 0.25) is 0 Å². The summed E-state index contributed by atoms with van der Waals surface area (Å²) in [5.41, 5.74) is 3.69. The highest BCUT2D eigenvalue weighted by atomic mass is 16.3. The summed E-state index contributed by atoms with van der Waals surface area (Å²) in [6.45, 7) is 13.2. The van der Waals surface area contributed by atoms with Gasteiger partial charge in [-0.15, -0.1) is 0 Å². The second kappa shape index (κ2) is 9.71. The minimum Gasteiger partial charge on any atom is -0.393 e. The molecule has 0 aromatic carbocycles. The van der Waals surface area contributed by atoms with Crippen LogP contribution < -0.4 is 0 Å². The lowest BCUT2D eigenvalue weighted by Gasteiger charge is -2.44. The molecule has 3 heteroatoms. The number of aliphatic hydroxyl groups excluding tert-OH is 3. The Morgan fingerprint density at radius 2 is 1.87 bits per heavy atom. The van der Waals surface area contributed by atoms with Crippen molar-refractivity contribution in [2.24, 2.45) is 29.1 Å². The molecule has 3 fully saturated rings. The minimum atomic E-state index is -0.618. The highest BCUT2D eigenvalue weighted by Crippen LogP contribution is 2.60. The Labute approximate surface area is 184 Å². The van der Waals surface area contributed by atoms with E-state index in [1.54, 1.807) is 5.57 Å². The first-order valence-electron chi connectivity index (χ1n) is 12.3. The summed E-state index contributed by atoms with van der Waals surface area (Å²) in [5.74, 6) is 2.35. The fraction of sp³-hybridized carbons (Fsp3) is 0.778. The number of hydrogen-bond donors (Lipinski definition) is 3. The Kier molecular flexibility index (Phi) is 7.69. The average Bonchev–Trinajstić information content (AvgIpc) is 3.04. The van der Waals surface area contributed by atoms with Crippen molar-refractivity contribution in [1.29, 1.82) is 0 Å². The van der Waals surface area contributed by atoms with Crippen molar-refractivity contribution < 1.29 is 15.3 Å². The van der Waals surface area contributed by atoms with Crippen LogP contribution in [0.3, 0.4) is 0 Å². The highest BCUT2D eigenvalue weighted by molar-refractivity contribution is 5.38. The molecule has 1 unspecified atom stereocenters. The molecule has 3 rings (SSSR count). The monoisotopic (exact) mass is 416 g/mol. The maximum absolute atomic E-state index is 10.3. The third-order valence-corrected chi connectivity index (χ3v) is 8.68. The van der Waals surface area contributed by atoms with Gasteiger partial charge in [0.15, 0.2) is 0 Å². The molecule has 3 aliphatic carbocycles. The van der Waals surface area contributed by atoms with Crippen molar-refractivity contribution in [1.82, 2.24) is 0 Å². The summed E-state index contributed by atoms with van der Waals surface area (Å²) in [5, 5.41) is 30.4.